The van der Waals surface area contributed by atoms with Crippen LogP contribution in [-0.2, 0) is 0 Å². The number of ether oxygens (including phenoxy) is 1. The smallest absolute Gasteiger partial charge is 0.122 e. The monoisotopic (exact) mass is 339 g/mol. The van der Waals surface area contributed by atoms with Crippen molar-refractivity contribution in [3.8, 4) is 16.9 Å². The third-order valence-corrected chi connectivity index (χ3v) is 5.15. The second-order valence-electron chi connectivity index (χ2n) is 7.02. The van der Waals surface area contributed by atoms with E-state index in [-0.39, 0.29) is 6.10 Å². The zero-order chi connectivity index (χ0) is 17.6. The lowest BCUT2D eigenvalue weighted by atomic mass is 9.96. The van der Waals surface area contributed by atoms with Gasteiger partial charge in [-0.15, -0.1) is 0 Å². The highest BCUT2D eigenvalue weighted by Crippen LogP contribution is 2.31. The van der Waals surface area contributed by atoms with Gasteiger partial charge in [-0.05, 0) is 61.4 Å². The van der Waals surface area contributed by atoms with E-state index >= 15 is 0 Å². The number of aliphatic hydroxyl groups excluding tert-OH is 1. The van der Waals surface area contributed by atoms with Crippen LogP contribution in [0.1, 0.15) is 30.4 Å². The van der Waals surface area contributed by atoms with E-state index in [0.717, 1.165) is 51.3 Å². The molecule has 1 saturated heterocycles. The summed E-state index contributed by atoms with van der Waals surface area (Å²) in [6.45, 7) is 8.08. The molecule has 1 aliphatic rings. The molecule has 2 aromatic rings. The summed E-state index contributed by atoms with van der Waals surface area (Å²) in [6, 6.07) is 14.8. The van der Waals surface area contributed by atoms with E-state index in [1.165, 1.54) is 22.3 Å². The van der Waals surface area contributed by atoms with Crippen LogP contribution in [0.25, 0.3) is 11.1 Å². The summed E-state index contributed by atoms with van der Waals surface area (Å²) in [5.74, 6) is 0.981. The van der Waals surface area contributed by atoms with Crippen molar-refractivity contribution in [2.45, 2.75) is 39.2 Å². The van der Waals surface area contributed by atoms with Gasteiger partial charge in [-0.3, -0.25) is 0 Å². The predicted octanol–water partition coefficient (Wildman–Crippen LogP) is 4.20. The molecule has 1 heterocycles. The average molecular weight is 339 g/mol. The van der Waals surface area contributed by atoms with Crippen molar-refractivity contribution in [3.63, 3.8) is 0 Å². The van der Waals surface area contributed by atoms with Crippen LogP contribution in [0.5, 0.6) is 5.75 Å². The Bertz CT molecular complexity index is 690. The van der Waals surface area contributed by atoms with Crippen LogP contribution in [0.3, 0.4) is 0 Å². The maximum atomic E-state index is 9.57. The maximum Gasteiger partial charge on any atom is 0.122 e. The molecule has 134 valence electrons. The standard InChI is InChI=1S/C22H29NO2/c1-17-7-3-4-8-20(17)21-9-5-10-22(18(21)2)25-16-6-13-23-14-11-19(24)12-15-23/h3-5,7-10,19,24H,6,11-16H2,1-2H3. The molecule has 0 amide bonds. The van der Waals surface area contributed by atoms with Crippen LogP contribution in [0, 0.1) is 13.8 Å². The summed E-state index contributed by atoms with van der Waals surface area (Å²) in [6.07, 6.45) is 2.72. The lowest BCUT2D eigenvalue weighted by Crippen LogP contribution is -2.36. The number of nitrogens with zero attached hydrogens (tertiary/aromatic N) is 1. The summed E-state index contributed by atoms with van der Waals surface area (Å²) < 4.78 is 6.07. The normalized spacial score (nSPS) is 16.1. The molecule has 0 aromatic heterocycles. The topological polar surface area (TPSA) is 32.7 Å². The summed E-state index contributed by atoms with van der Waals surface area (Å²) in [4.78, 5) is 2.42. The zero-order valence-corrected chi connectivity index (χ0v) is 15.4. The molecule has 3 heteroatoms. The lowest BCUT2D eigenvalue weighted by molar-refractivity contribution is 0.0800. The number of hydrogen-bond acceptors (Lipinski definition) is 3. The maximum absolute atomic E-state index is 9.57. The Hall–Kier alpha value is -1.84. The fourth-order valence-electron chi connectivity index (χ4n) is 3.55. The molecule has 2 aromatic carbocycles. The van der Waals surface area contributed by atoms with Crippen molar-refractivity contribution in [1.82, 2.24) is 4.90 Å². The molecule has 0 spiro atoms. The quantitative estimate of drug-likeness (QED) is 0.801. The molecule has 1 fully saturated rings. The van der Waals surface area contributed by atoms with Crippen LogP contribution in [0.2, 0.25) is 0 Å². The fraction of sp³-hybridized carbons (Fsp3) is 0.455. The molecular formula is C22H29NO2. The molecule has 0 unspecified atom stereocenters. The van der Waals surface area contributed by atoms with Crippen molar-refractivity contribution >= 4 is 0 Å². The zero-order valence-electron chi connectivity index (χ0n) is 15.4. The molecule has 0 aliphatic carbocycles. The Morgan fingerprint density at radius 1 is 1.00 bits per heavy atom. The first kappa shape index (κ1) is 18.0. The summed E-state index contributed by atoms with van der Waals surface area (Å²) >= 11 is 0. The van der Waals surface area contributed by atoms with Gasteiger partial charge in [0, 0.05) is 19.6 Å². The Balaban J connectivity index is 1.57. The van der Waals surface area contributed by atoms with Crippen molar-refractivity contribution in [2.24, 2.45) is 0 Å². The summed E-state index contributed by atoms with van der Waals surface area (Å²) in [5.41, 5.74) is 5.02. The number of aryl methyl sites for hydroxylation is 1. The highest BCUT2D eigenvalue weighted by molar-refractivity contribution is 5.72. The molecule has 0 saturated carbocycles. The van der Waals surface area contributed by atoms with Gasteiger partial charge in [-0.1, -0.05) is 36.4 Å². The van der Waals surface area contributed by atoms with Gasteiger partial charge in [0.1, 0.15) is 5.75 Å². The summed E-state index contributed by atoms with van der Waals surface area (Å²) in [7, 11) is 0. The molecule has 0 atom stereocenters. The molecule has 25 heavy (non-hydrogen) atoms. The first-order chi connectivity index (χ1) is 12.1. The first-order valence-electron chi connectivity index (χ1n) is 9.34. The number of benzene rings is 2. The molecule has 0 radical (unpaired) electrons. The lowest BCUT2D eigenvalue weighted by Gasteiger charge is -2.29. The van der Waals surface area contributed by atoms with Gasteiger partial charge < -0.3 is 14.7 Å². The van der Waals surface area contributed by atoms with Crippen LogP contribution in [0.15, 0.2) is 42.5 Å². The first-order valence-corrected chi connectivity index (χ1v) is 9.34. The van der Waals surface area contributed by atoms with Gasteiger partial charge in [0.25, 0.3) is 0 Å². The largest absolute Gasteiger partial charge is 0.493 e. The Morgan fingerprint density at radius 2 is 1.72 bits per heavy atom. The number of rotatable bonds is 6. The molecule has 1 N–H and O–H groups in total. The van der Waals surface area contributed by atoms with E-state index in [1.807, 2.05) is 0 Å². The minimum Gasteiger partial charge on any atom is -0.493 e. The second-order valence-corrected chi connectivity index (χ2v) is 7.02. The van der Waals surface area contributed by atoms with Crippen molar-refractivity contribution < 1.29 is 9.84 Å². The van der Waals surface area contributed by atoms with Gasteiger partial charge in [0.2, 0.25) is 0 Å². The van der Waals surface area contributed by atoms with Crippen LogP contribution in [-0.4, -0.2) is 42.4 Å². The number of aliphatic hydroxyl groups is 1. The van der Waals surface area contributed by atoms with Gasteiger partial charge >= 0.3 is 0 Å². The average Bonchev–Trinajstić information content (AvgIpc) is 2.62. The SMILES string of the molecule is Cc1ccccc1-c1cccc(OCCCN2CCC(O)CC2)c1C. The number of hydrogen-bond donors (Lipinski definition) is 1. The fourth-order valence-corrected chi connectivity index (χ4v) is 3.55. The van der Waals surface area contributed by atoms with Gasteiger partial charge in [-0.25, -0.2) is 0 Å². The minimum absolute atomic E-state index is 0.0978. The van der Waals surface area contributed by atoms with Crippen molar-refractivity contribution in [2.75, 3.05) is 26.2 Å². The predicted molar refractivity (Wildman–Crippen MR) is 103 cm³/mol. The molecule has 3 rings (SSSR count). The Morgan fingerprint density at radius 3 is 2.48 bits per heavy atom. The molecule has 1 aliphatic heterocycles. The molecule has 0 bridgehead atoms. The van der Waals surface area contributed by atoms with Gasteiger partial charge in [-0.2, -0.15) is 0 Å². The van der Waals surface area contributed by atoms with E-state index in [9.17, 15) is 5.11 Å². The van der Waals surface area contributed by atoms with Crippen molar-refractivity contribution in [1.29, 1.82) is 0 Å². The van der Waals surface area contributed by atoms with Crippen LogP contribution < -0.4 is 4.74 Å². The number of piperidine rings is 1. The van der Waals surface area contributed by atoms with E-state index in [4.69, 9.17) is 4.74 Å². The highest BCUT2D eigenvalue weighted by Gasteiger charge is 2.16. The third kappa shape index (κ3) is 4.62. The van der Waals surface area contributed by atoms with Crippen LogP contribution in [0.4, 0.5) is 0 Å². The molecular weight excluding hydrogens is 310 g/mol. The van der Waals surface area contributed by atoms with E-state index in [2.05, 4.69) is 61.2 Å². The second kappa shape index (κ2) is 8.50. The van der Waals surface area contributed by atoms with Gasteiger partial charge in [0.15, 0.2) is 0 Å². The van der Waals surface area contributed by atoms with Crippen LogP contribution >= 0.6 is 0 Å². The van der Waals surface area contributed by atoms with Gasteiger partial charge in [0.05, 0.1) is 12.7 Å². The van der Waals surface area contributed by atoms with Crippen molar-refractivity contribution in [3.05, 3.63) is 53.6 Å². The van der Waals surface area contributed by atoms with E-state index in [0.29, 0.717) is 0 Å². The van der Waals surface area contributed by atoms with E-state index < -0.39 is 0 Å². The Labute approximate surface area is 151 Å². The molecule has 3 nitrogen and oxygen atoms in total. The number of likely N-dealkylation sites (tertiary alicyclic amines) is 1. The van der Waals surface area contributed by atoms with E-state index in [1.54, 1.807) is 0 Å². The summed E-state index contributed by atoms with van der Waals surface area (Å²) in [5, 5.41) is 9.57. The third-order valence-electron chi connectivity index (χ3n) is 5.15. The Kier molecular flexibility index (Phi) is 6.11. The highest BCUT2D eigenvalue weighted by atomic mass is 16.5. The minimum atomic E-state index is -0.0978.